The minimum Gasteiger partial charge on any atom is -0.502 e. The van der Waals surface area contributed by atoms with Crippen LogP contribution >= 0.6 is 12.2 Å². The summed E-state index contributed by atoms with van der Waals surface area (Å²) in [7, 11) is 0. The normalized spacial score (nSPS) is 11.6. The molecule has 5 aromatic rings. The number of hydrogen-bond acceptors (Lipinski definition) is 2. The Bertz CT molecular complexity index is 1470. The Morgan fingerprint density at radius 1 is 0.647 bits per heavy atom. The topological polar surface area (TPSA) is 36.1 Å². The van der Waals surface area contributed by atoms with Crippen LogP contribution in [0.2, 0.25) is 0 Å². The van der Waals surface area contributed by atoms with Gasteiger partial charge in [-0.05, 0) is 22.6 Å². The predicted octanol–water partition coefficient (Wildman–Crippen LogP) is 7.12. The second-order valence-electron chi connectivity index (χ2n) is 7.90. The van der Waals surface area contributed by atoms with Crippen molar-refractivity contribution in [1.82, 2.24) is 0 Å². The maximum Gasteiger partial charge on any atom is 0.288 e. The highest BCUT2D eigenvalue weighted by molar-refractivity contribution is 7.81. The van der Waals surface area contributed by atoms with E-state index >= 15 is 0 Å². The van der Waals surface area contributed by atoms with Crippen LogP contribution in [-0.2, 0) is 0 Å². The lowest BCUT2D eigenvalue weighted by molar-refractivity contribution is -0.575. The van der Waals surface area contributed by atoms with Crippen LogP contribution in [0.5, 0.6) is 0 Å². The molecule has 0 aliphatic rings. The molecule has 0 amide bonds. The highest BCUT2D eigenvalue weighted by Crippen LogP contribution is 2.26. The summed E-state index contributed by atoms with van der Waals surface area (Å²) >= 11 is 5.83. The number of aromatic nitrogens is 1. The van der Waals surface area contributed by atoms with Gasteiger partial charge < -0.3 is 10.4 Å². The summed E-state index contributed by atoms with van der Waals surface area (Å²) in [5.74, 6) is 0.105. The van der Waals surface area contributed by atoms with E-state index in [9.17, 15) is 5.11 Å². The van der Waals surface area contributed by atoms with Crippen molar-refractivity contribution in [2.24, 2.45) is 0 Å². The molecular formula is C30H23N2OS+. The highest BCUT2D eigenvalue weighted by Gasteiger charge is 2.24. The van der Waals surface area contributed by atoms with Gasteiger partial charge >= 0.3 is 0 Å². The number of aliphatic hydroxyl groups excluding tert-OH is 1. The fourth-order valence-electron chi connectivity index (χ4n) is 4.00. The van der Waals surface area contributed by atoms with Crippen LogP contribution < -0.4 is 9.88 Å². The van der Waals surface area contributed by atoms with Crippen LogP contribution in [0.3, 0.4) is 0 Å². The summed E-state index contributed by atoms with van der Waals surface area (Å²) in [6, 6.07) is 38.0. The van der Waals surface area contributed by atoms with E-state index in [0.29, 0.717) is 16.2 Å². The van der Waals surface area contributed by atoms with Crippen molar-refractivity contribution in [3.8, 4) is 11.1 Å². The number of thiocarbonyl (C=S) groups is 1. The zero-order valence-electron chi connectivity index (χ0n) is 18.4. The second kappa shape index (κ2) is 9.69. The monoisotopic (exact) mass is 459 g/mol. The highest BCUT2D eigenvalue weighted by atomic mass is 32.1. The molecule has 164 valence electrons. The maximum atomic E-state index is 11.4. The summed E-state index contributed by atoms with van der Waals surface area (Å²) in [6.45, 7) is 0. The van der Waals surface area contributed by atoms with Gasteiger partial charge in [0.2, 0.25) is 0 Å². The fraction of sp³-hybridized carbons (Fsp3) is 0. The quantitative estimate of drug-likeness (QED) is 0.127. The number of rotatable bonds is 5. The number of hydrogen-bond donors (Lipinski definition) is 2. The van der Waals surface area contributed by atoms with Gasteiger partial charge in [-0.25, -0.2) is 0 Å². The molecule has 0 fully saturated rings. The van der Waals surface area contributed by atoms with Crippen LogP contribution in [0, 0.1) is 0 Å². The Kier molecular flexibility index (Phi) is 6.15. The Morgan fingerprint density at radius 2 is 1.26 bits per heavy atom. The third kappa shape index (κ3) is 4.45. The van der Waals surface area contributed by atoms with E-state index in [4.69, 9.17) is 12.2 Å². The number of benzene rings is 4. The van der Waals surface area contributed by atoms with Crippen molar-refractivity contribution in [2.45, 2.75) is 0 Å². The lowest BCUT2D eigenvalue weighted by Crippen LogP contribution is -2.38. The van der Waals surface area contributed by atoms with Crippen LogP contribution in [-0.4, -0.2) is 10.1 Å². The molecule has 1 heterocycles. The molecule has 0 unspecified atom stereocenters. The van der Waals surface area contributed by atoms with E-state index < -0.39 is 0 Å². The molecular weight excluding hydrogens is 436 g/mol. The lowest BCUT2D eigenvalue weighted by Gasteiger charge is -2.12. The molecule has 4 heteroatoms. The average molecular weight is 460 g/mol. The second-order valence-corrected chi connectivity index (χ2v) is 8.31. The maximum absolute atomic E-state index is 11.4. The van der Waals surface area contributed by atoms with Gasteiger partial charge in [0.1, 0.15) is 0 Å². The molecule has 5 rings (SSSR count). The van der Waals surface area contributed by atoms with E-state index in [1.807, 2.05) is 102 Å². The van der Waals surface area contributed by atoms with Crippen LogP contribution in [0.1, 0.15) is 5.56 Å². The first-order chi connectivity index (χ1) is 16.7. The Labute approximate surface area is 204 Å². The largest absolute Gasteiger partial charge is 0.502 e. The summed E-state index contributed by atoms with van der Waals surface area (Å²) in [4.78, 5) is 0.428. The number of nitrogens with one attached hydrogen (secondary N) is 1. The summed E-state index contributed by atoms with van der Waals surface area (Å²) in [5, 5.41) is 16.9. The van der Waals surface area contributed by atoms with Crippen LogP contribution in [0.25, 0.3) is 33.4 Å². The number of fused-ring (bicyclic) bond motifs is 1. The summed E-state index contributed by atoms with van der Waals surface area (Å²) in [6.07, 6.45) is 3.75. The van der Waals surface area contributed by atoms with Crippen molar-refractivity contribution in [3.63, 3.8) is 0 Å². The fourth-order valence-corrected chi connectivity index (χ4v) is 4.31. The minimum absolute atomic E-state index is 0.105. The molecule has 3 nitrogen and oxygen atoms in total. The molecule has 0 atom stereocenters. The molecule has 0 saturated heterocycles. The molecule has 0 aliphatic heterocycles. The van der Waals surface area contributed by atoms with Gasteiger partial charge in [0.05, 0.1) is 0 Å². The van der Waals surface area contributed by atoms with Crippen molar-refractivity contribution in [1.29, 1.82) is 0 Å². The van der Waals surface area contributed by atoms with Gasteiger partial charge in [-0.1, -0.05) is 109 Å². The smallest absolute Gasteiger partial charge is 0.288 e. The third-order valence-electron chi connectivity index (χ3n) is 5.72. The van der Waals surface area contributed by atoms with Gasteiger partial charge in [-0.2, -0.15) is 4.57 Å². The number of aliphatic hydroxyl groups is 1. The van der Waals surface area contributed by atoms with E-state index in [2.05, 4.69) is 35.6 Å². The SMILES string of the molecule is O/C(=C(\C(=S)Nc1cccc2ccccc12)[n+]1ccccc1)c1ccc(-c2ccccc2)cc1. The van der Waals surface area contributed by atoms with Crippen LogP contribution in [0.4, 0.5) is 5.69 Å². The van der Waals surface area contributed by atoms with Gasteiger partial charge in [-0.3, -0.25) is 0 Å². The molecule has 0 spiro atoms. The molecule has 34 heavy (non-hydrogen) atoms. The van der Waals surface area contributed by atoms with Gasteiger partial charge in [0, 0.05) is 28.8 Å². The Balaban J connectivity index is 1.55. The van der Waals surface area contributed by atoms with E-state index in [1.165, 1.54) is 0 Å². The first-order valence-corrected chi connectivity index (χ1v) is 11.5. The molecule has 1 aromatic heterocycles. The number of nitrogens with zero attached hydrogens (tertiary/aromatic N) is 1. The minimum atomic E-state index is 0.105. The zero-order valence-corrected chi connectivity index (χ0v) is 19.2. The van der Waals surface area contributed by atoms with Gasteiger partial charge in [0.25, 0.3) is 5.70 Å². The molecule has 0 radical (unpaired) electrons. The Hall–Kier alpha value is -4.28. The van der Waals surface area contributed by atoms with Crippen LogP contribution in [0.15, 0.2) is 128 Å². The van der Waals surface area contributed by atoms with Crippen molar-refractivity contribution < 1.29 is 9.67 Å². The number of pyridine rings is 1. The standard InChI is InChI=1S/C30H22N2OS/c33-29(25-18-16-23(17-19-25)22-10-3-1-4-11-22)28(32-20-7-2-8-21-32)30(34)31-27-15-9-13-24-12-5-6-14-26(24)27/h1-21H,(H-,31,33,34)/p+1. The first-order valence-electron chi connectivity index (χ1n) is 11.1. The molecule has 0 aliphatic carbocycles. The molecule has 0 saturated carbocycles. The third-order valence-corrected chi connectivity index (χ3v) is 6.01. The van der Waals surface area contributed by atoms with Gasteiger partial charge in [-0.15, -0.1) is 0 Å². The molecule has 0 bridgehead atoms. The van der Waals surface area contributed by atoms with E-state index in [-0.39, 0.29) is 5.76 Å². The van der Waals surface area contributed by atoms with Crippen molar-refractivity contribution in [3.05, 3.63) is 133 Å². The summed E-state index contributed by atoms with van der Waals surface area (Å²) < 4.78 is 1.83. The summed E-state index contributed by atoms with van der Waals surface area (Å²) in [5.41, 5.74) is 4.30. The van der Waals surface area contributed by atoms with Gasteiger partial charge in [0.15, 0.2) is 23.1 Å². The molecule has 2 N–H and O–H groups in total. The number of anilines is 1. The van der Waals surface area contributed by atoms with E-state index in [0.717, 1.165) is 27.6 Å². The first kappa shape index (κ1) is 21.6. The van der Waals surface area contributed by atoms with E-state index in [1.54, 1.807) is 0 Å². The van der Waals surface area contributed by atoms with Crippen molar-refractivity contribution >= 4 is 45.1 Å². The lowest BCUT2D eigenvalue weighted by atomic mass is 10.0. The average Bonchev–Trinajstić information content (AvgIpc) is 2.90. The Morgan fingerprint density at radius 3 is 2.03 bits per heavy atom. The van der Waals surface area contributed by atoms with Crippen molar-refractivity contribution in [2.75, 3.05) is 5.32 Å². The predicted molar refractivity (Wildman–Crippen MR) is 144 cm³/mol. The molecule has 4 aromatic carbocycles. The zero-order chi connectivity index (χ0) is 23.3.